The summed E-state index contributed by atoms with van der Waals surface area (Å²) in [4.78, 5) is 10.5. The second kappa shape index (κ2) is 6.25. The van der Waals surface area contributed by atoms with Gasteiger partial charge in [0.1, 0.15) is 5.75 Å². The van der Waals surface area contributed by atoms with Crippen LogP contribution in [0, 0.1) is 0 Å². The summed E-state index contributed by atoms with van der Waals surface area (Å²) in [5, 5.41) is 18.6. The van der Waals surface area contributed by atoms with Crippen molar-refractivity contribution in [1.82, 2.24) is 0 Å². The van der Waals surface area contributed by atoms with Crippen molar-refractivity contribution in [3.05, 3.63) is 29.3 Å². The number of aryl methyl sites for hydroxylation is 1. The van der Waals surface area contributed by atoms with Crippen LogP contribution in [0.4, 0.5) is 0 Å². The predicted molar refractivity (Wildman–Crippen MR) is 64.2 cm³/mol. The van der Waals surface area contributed by atoms with Crippen molar-refractivity contribution in [2.45, 2.75) is 32.3 Å². The Morgan fingerprint density at radius 3 is 2.71 bits per heavy atom. The molecule has 0 fully saturated rings. The first-order chi connectivity index (χ1) is 8.08. The number of carboxylic acid groups (broad SMARTS) is 1. The maximum Gasteiger partial charge on any atom is 0.303 e. The van der Waals surface area contributed by atoms with Crippen molar-refractivity contribution >= 4 is 5.97 Å². The Morgan fingerprint density at radius 2 is 2.18 bits per heavy atom. The number of hydrogen-bond donors (Lipinski definition) is 2. The predicted octanol–water partition coefficient (Wildman–Crippen LogP) is 2.16. The number of carboxylic acids is 1. The number of aliphatic carboxylic acids is 1. The van der Waals surface area contributed by atoms with E-state index < -0.39 is 12.1 Å². The average Bonchev–Trinajstić information content (AvgIpc) is 2.34. The van der Waals surface area contributed by atoms with Crippen LogP contribution in [0.1, 0.15) is 37.0 Å². The van der Waals surface area contributed by atoms with E-state index in [-0.39, 0.29) is 12.8 Å². The van der Waals surface area contributed by atoms with Gasteiger partial charge in [-0.1, -0.05) is 13.0 Å². The highest BCUT2D eigenvalue weighted by atomic mass is 16.5. The van der Waals surface area contributed by atoms with Crippen LogP contribution in [-0.2, 0) is 11.2 Å². The molecule has 1 aromatic carbocycles. The van der Waals surface area contributed by atoms with Gasteiger partial charge in [0.05, 0.1) is 13.2 Å². The van der Waals surface area contributed by atoms with Crippen LogP contribution in [-0.4, -0.2) is 23.3 Å². The van der Waals surface area contributed by atoms with E-state index in [0.717, 1.165) is 12.0 Å². The Morgan fingerprint density at radius 1 is 1.47 bits per heavy atom. The number of ether oxygens (including phenoxy) is 1. The average molecular weight is 238 g/mol. The van der Waals surface area contributed by atoms with E-state index in [0.29, 0.717) is 11.3 Å². The number of methoxy groups -OCH3 is 1. The molecular formula is C13H18O4. The fourth-order valence-electron chi connectivity index (χ4n) is 1.68. The lowest BCUT2D eigenvalue weighted by molar-refractivity contribution is -0.137. The molecule has 2 N–H and O–H groups in total. The summed E-state index contributed by atoms with van der Waals surface area (Å²) in [6, 6.07) is 5.61. The Balaban J connectivity index is 2.88. The highest BCUT2D eigenvalue weighted by molar-refractivity contribution is 5.66. The summed E-state index contributed by atoms with van der Waals surface area (Å²) in [6.07, 6.45) is 0.204. The van der Waals surface area contributed by atoms with Crippen molar-refractivity contribution in [2.24, 2.45) is 0 Å². The van der Waals surface area contributed by atoms with Gasteiger partial charge in [0.15, 0.2) is 0 Å². The Kier molecular flexibility index (Phi) is 4.97. The molecule has 1 unspecified atom stereocenters. The normalized spacial score (nSPS) is 12.2. The van der Waals surface area contributed by atoms with Gasteiger partial charge >= 0.3 is 5.97 Å². The lowest BCUT2D eigenvalue weighted by Gasteiger charge is -2.15. The number of rotatable bonds is 6. The minimum absolute atomic E-state index is 0.0549. The zero-order chi connectivity index (χ0) is 12.8. The molecule has 0 aromatic heterocycles. The lowest BCUT2D eigenvalue weighted by Crippen LogP contribution is -2.05. The van der Waals surface area contributed by atoms with E-state index in [1.165, 1.54) is 7.11 Å². The SMILES string of the molecule is CCc1ccc(OC)c(C(O)CCC(=O)O)c1. The zero-order valence-corrected chi connectivity index (χ0v) is 10.1. The zero-order valence-electron chi connectivity index (χ0n) is 10.1. The molecule has 0 spiro atoms. The van der Waals surface area contributed by atoms with E-state index in [9.17, 15) is 9.90 Å². The molecule has 0 radical (unpaired) electrons. The van der Waals surface area contributed by atoms with Crippen molar-refractivity contribution in [3.8, 4) is 5.75 Å². The number of carbonyl (C=O) groups is 1. The summed E-state index contributed by atoms with van der Waals surface area (Å²) in [6.45, 7) is 2.02. The summed E-state index contributed by atoms with van der Waals surface area (Å²) < 4.78 is 5.17. The van der Waals surface area contributed by atoms with Crippen molar-refractivity contribution < 1.29 is 19.7 Å². The van der Waals surface area contributed by atoms with Crippen LogP contribution in [0.25, 0.3) is 0 Å². The fourth-order valence-corrected chi connectivity index (χ4v) is 1.68. The maximum atomic E-state index is 10.5. The minimum atomic E-state index is -0.908. The molecular weight excluding hydrogens is 220 g/mol. The van der Waals surface area contributed by atoms with Crippen molar-refractivity contribution in [3.63, 3.8) is 0 Å². The topological polar surface area (TPSA) is 66.8 Å². The van der Waals surface area contributed by atoms with E-state index in [4.69, 9.17) is 9.84 Å². The molecule has 1 aromatic rings. The van der Waals surface area contributed by atoms with Crippen LogP contribution in [0.5, 0.6) is 5.75 Å². The third-order valence-electron chi connectivity index (χ3n) is 2.69. The van der Waals surface area contributed by atoms with Gasteiger partial charge < -0.3 is 14.9 Å². The molecule has 0 heterocycles. The highest BCUT2D eigenvalue weighted by Gasteiger charge is 2.15. The van der Waals surface area contributed by atoms with Crippen molar-refractivity contribution in [1.29, 1.82) is 0 Å². The van der Waals surface area contributed by atoms with Gasteiger partial charge in [0.2, 0.25) is 0 Å². The first-order valence-electron chi connectivity index (χ1n) is 5.65. The minimum Gasteiger partial charge on any atom is -0.496 e. The van der Waals surface area contributed by atoms with Gasteiger partial charge in [-0.3, -0.25) is 4.79 Å². The molecule has 0 amide bonds. The standard InChI is InChI=1S/C13H18O4/c1-3-9-4-6-12(17-2)10(8-9)11(14)5-7-13(15)16/h4,6,8,11,14H,3,5,7H2,1-2H3,(H,15,16). The first kappa shape index (κ1) is 13.5. The van der Waals surface area contributed by atoms with Crippen LogP contribution in [0.3, 0.4) is 0 Å². The Bertz CT molecular complexity index is 387. The smallest absolute Gasteiger partial charge is 0.303 e. The molecule has 0 aliphatic rings. The molecule has 0 saturated heterocycles. The fraction of sp³-hybridized carbons (Fsp3) is 0.462. The molecule has 1 atom stereocenters. The van der Waals surface area contributed by atoms with Gasteiger partial charge in [0.25, 0.3) is 0 Å². The third-order valence-corrected chi connectivity index (χ3v) is 2.69. The van der Waals surface area contributed by atoms with Crippen molar-refractivity contribution in [2.75, 3.05) is 7.11 Å². The molecule has 1 rings (SSSR count). The summed E-state index contributed by atoms with van der Waals surface area (Å²) in [5.74, 6) is -0.310. The molecule has 0 bridgehead atoms. The van der Waals surface area contributed by atoms with Gasteiger partial charge in [-0.2, -0.15) is 0 Å². The molecule has 4 heteroatoms. The quantitative estimate of drug-likeness (QED) is 0.797. The maximum absolute atomic E-state index is 10.5. The molecule has 0 aliphatic carbocycles. The molecule has 4 nitrogen and oxygen atoms in total. The van der Waals surface area contributed by atoms with E-state index in [1.807, 2.05) is 19.1 Å². The lowest BCUT2D eigenvalue weighted by atomic mass is 10.0. The number of benzene rings is 1. The summed E-state index contributed by atoms with van der Waals surface area (Å²) in [7, 11) is 1.54. The third kappa shape index (κ3) is 3.75. The molecule has 0 saturated carbocycles. The molecule has 0 aliphatic heterocycles. The van der Waals surface area contributed by atoms with Gasteiger partial charge in [-0.25, -0.2) is 0 Å². The number of aliphatic hydroxyl groups excluding tert-OH is 1. The second-order valence-corrected chi connectivity index (χ2v) is 3.88. The highest BCUT2D eigenvalue weighted by Crippen LogP contribution is 2.29. The van der Waals surface area contributed by atoms with Crippen LogP contribution < -0.4 is 4.74 Å². The Hall–Kier alpha value is -1.55. The van der Waals surface area contributed by atoms with Crippen LogP contribution >= 0.6 is 0 Å². The van der Waals surface area contributed by atoms with Crippen LogP contribution in [0.2, 0.25) is 0 Å². The summed E-state index contributed by atoms with van der Waals surface area (Å²) >= 11 is 0. The monoisotopic (exact) mass is 238 g/mol. The van der Waals surface area contributed by atoms with Crippen LogP contribution in [0.15, 0.2) is 18.2 Å². The second-order valence-electron chi connectivity index (χ2n) is 3.88. The first-order valence-corrected chi connectivity index (χ1v) is 5.65. The number of hydrogen-bond acceptors (Lipinski definition) is 3. The Labute approximate surface area is 101 Å². The molecule has 94 valence electrons. The van der Waals surface area contributed by atoms with E-state index in [2.05, 4.69) is 0 Å². The van der Waals surface area contributed by atoms with Gasteiger partial charge in [-0.15, -0.1) is 0 Å². The van der Waals surface area contributed by atoms with E-state index >= 15 is 0 Å². The summed E-state index contributed by atoms with van der Waals surface area (Å²) in [5.41, 5.74) is 1.75. The van der Waals surface area contributed by atoms with E-state index in [1.54, 1.807) is 6.07 Å². The number of aliphatic hydroxyl groups is 1. The molecule has 17 heavy (non-hydrogen) atoms. The largest absolute Gasteiger partial charge is 0.496 e. The van der Waals surface area contributed by atoms with Gasteiger partial charge in [0, 0.05) is 12.0 Å². The van der Waals surface area contributed by atoms with Gasteiger partial charge in [-0.05, 0) is 30.5 Å².